The van der Waals surface area contributed by atoms with Gasteiger partial charge in [0.05, 0.1) is 6.61 Å². The molecule has 15 heavy (non-hydrogen) atoms. The average molecular weight is 245 g/mol. The molecule has 1 atom stereocenters. The maximum absolute atomic E-state index is 5.78. The molecule has 1 aromatic carbocycles. The van der Waals surface area contributed by atoms with E-state index >= 15 is 0 Å². The van der Waals surface area contributed by atoms with E-state index in [1.54, 1.807) is 0 Å². The van der Waals surface area contributed by atoms with Crippen LogP contribution in [0.4, 0.5) is 0 Å². The Morgan fingerprint density at radius 3 is 2.33 bits per heavy atom. The maximum Gasteiger partial charge on any atom is 0.119 e. The van der Waals surface area contributed by atoms with E-state index < -0.39 is 0 Å². The first-order valence-electron chi connectivity index (χ1n) is 5.12. The zero-order chi connectivity index (χ0) is 11.3. The molecule has 1 aromatic rings. The van der Waals surface area contributed by atoms with Crippen molar-refractivity contribution < 1.29 is 4.74 Å². The molecule has 0 heterocycles. The van der Waals surface area contributed by atoms with Gasteiger partial charge in [0.15, 0.2) is 0 Å². The topological polar surface area (TPSA) is 9.23 Å². The number of hydrogen-bond acceptors (Lipinski definition) is 2. The molecule has 0 aliphatic rings. The molecule has 0 amide bonds. The summed E-state index contributed by atoms with van der Waals surface area (Å²) in [7, 11) is 0. The van der Waals surface area contributed by atoms with E-state index in [1.807, 2.05) is 24.3 Å². The molecule has 3 heteroatoms. The molecule has 0 fully saturated rings. The number of ether oxygens (including phenoxy) is 1. The number of hydrogen-bond donors (Lipinski definition) is 1. The number of rotatable bonds is 5. The standard InChI is InChI=1S/C12H17ClOS/c1-9(2)10(8-15)7-14-12-5-3-11(13)4-6-12/h3-6,9-10,15H,7-8H2,1-2H3. The third kappa shape index (κ3) is 4.35. The molecule has 0 bridgehead atoms. The molecule has 84 valence electrons. The third-order valence-corrected chi connectivity index (χ3v) is 3.18. The van der Waals surface area contributed by atoms with E-state index in [-0.39, 0.29) is 0 Å². The molecule has 0 aliphatic carbocycles. The average Bonchev–Trinajstić information content (AvgIpc) is 2.21. The molecule has 1 rings (SSSR count). The van der Waals surface area contributed by atoms with Crippen LogP contribution < -0.4 is 4.74 Å². The lowest BCUT2D eigenvalue weighted by atomic mass is 9.99. The molecule has 0 saturated carbocycles. The van der Waals surface area contributed by atoms with Gasteiger partial charge in [-0.1, -0.05) is 25.4 Å². The van der Waals surface area contributed by atoms with Gasteiger partial charge in [-0.05, 0) is 35.9 Å². The number of halogens is 1. The normalized spacial score (nSPS) is 12.9. The minimum Gasteiger partial charge on any atom is -0.493 e. The van der Waals surface area contributed by atoms with Gasteiger partial charge in [-0.25, -0.2) is 0 Å². The lowest BCUT2D eigenvalue weighted by molar-refractivity contribution is 0.227. The van der Waals surface area contributed by atoms with Crippen molar-refractivity contribution in [1.82, 2.24) is 0 Å². The van der Waals surface area contributed by atoms with E-state index in [0.29, 0.717) is 18.4 Å². The number of benzene rings is 1. The van der Waals surface area contributed by atoms with Crippen LogP contribution in [-0.4, -0.2) is 12.4 Å². The van der Waals surface area contributed by atoms with E-state index in [2.05, 4.69) is 26.5 Å². The van der Waals surface area contributed by atoms with Crippen molar-refractivity contribution in [3.05, 3.63) is 29.3 Å². The first kappa shape index (κ1) is 12.7. The van der Waals surface area contributed by atoms with Crippen molar-refractivity contribution in [2.45, 2.75) is 13.8 Å². The smallest absolute Gasteiger partial charge is 0.119 e. The zero-order valence-electron chi connectivity index (χ0n) is 9.11. The maximum atomic E-state index is 5.78. The summed E-state index contributed by atoms with van der Waals surface area (Å²) in [6.07, 6.45) is 0. The molecular formula is C12H17ClOS. The van der Waals surface area contributed by atoms with Crippen molar-refractivity contribution >= 4 is 24.2 Å². The summed E-state index contributed by atoms with van der Waals surface area (Å²) in [5.74, 6) is 2.80. The van der Waals surface area contributed by atoms with Crippen molar-refractivity contribution in [2.24, 2.45) is 11.8 Å². The summed E-state index contributed by atoms with van der Waals surface area (Å²) < 4.78 is 5.67. The minimum absolute atomic E-state index is 0.490. The van der Waals surface area contributed by atoms with Crippen LogP contribution in [0.3, 0.4) is 0 Å². The summed E-state index contributed by atoms with van der Waals surface area (Å²) >= 11 is 10.1. The van der Waals surface area contributed by atoms with Gasteiger partial charge in [0.1, 0.15) is 5.75 Å². The van der Waals surface area contributed by atoms with Crippen molar-refractivity contribution in [3.8, 4) is 5.75 Å². The monoisotopic (exact) mass is 244 g/mol. The zero-order valence-corrected chi connectivity index (χ0v) is 10.8. The molecule has 0 aliphatic heterocycles. The Kier molecular flexibility index (Phi) is 5.34. The highest BCUT2D eigenvalue weighted by molar-refractivity contribution is 7.80. The van der Waals surface area contributed by atoms with Gasteiger partial charge in [-0.15, -0.1) is 0 Å². The highest BCUT2D eigenvalue weighted by Gasteiger charge is 2.12. The Bertz CT molecular complexity index is 284. The van der Waals surface area contributed by atoms with Gasteiger partial charge in [0.25, 0.3) is 0 Å². The van der Waals surface area contributed by atoms with E-state index in [0.717, 1.165) is 16.5 Å². The summed E-state index contributed by atoms with van der Waals surface area (Å²) in [6, 6.07) is 7.44. The highest BCUT2D eigenvalue weighted by Crippen LogP contribution is 2.18. The van der Waals surface area contributed by atoms with E-state index in [1.165, 1.54) is 0 Å². The van der Waals surface area contributed by atoms with Crippen LogP contribution in [0.5, 0.6) is 5.75 Å². The predicted octanol–water partition coefficient (Wildman–Crippen LogP) is 3.92. The molecule has 0 radical (unpaired) electrons. The molecule has 0 N–H and O–H groups in total. The van der Waals surface area contributed by atoms with Gasteiger partial charge >= 0.3 is 0 Å². The van der Waals surface area contributed by atoms with Crippen molar-refractivity contribution in [3.63, 3.8) is 0 Å². The quantitative estimate of drug-likeness (QED) is 0.773. The fourth-order valence-electron chi connectivity index (χ4n) is 1.19. The molecule has 0 spiro atoms. The lowest BCUT2D eigenvalue weighted by Gasteiger charge is -2.18. The van der Waals surface area contributed by atoms with Gasteiger partial charge < -0.3 is 4.74 Å². The van der Waals surface area contributed by atoms with Gasteiger partial charge in [0, 0.05) is 10.9 Å². The molecule has 1 nitrogen and oxygen atoms in total. The molecule has 0 saturated heterocycles. The lowest BCUT2D eigenvalue weighted by Crippen LogP contribution is -2.19. The largest absolute Gasteiger partial charge is 0.493 e. The van der Waals surface area contributed by atoms with Crippen LogP contribution in [0.15, 0.2) is 24.3 Å². The Morgan fingerprint density at radius 1 is 1.27 bits per heavy atom. The Hall–Kier alpha value is -0.340. The van der Waals surface area contributed by atoms with Crippen LogP contribution in [0.2, 0.25) is 5.02 Å². The predicted molar refractivity (Wildman–Crippen MR) is 69.1 cm³/mol. The first-order chi connectivity index (χ1) is 7.13. The van der Waals surface area contributed by atoms with Crippen molar-refractivity contribution in [1.29, 1.82) is 0 Å². The van der Waals surface area contributed by atoms with Crippen LogP contribution >= 0.6 is 24.2 Å². The van der Waals surface area contributed by atoms with E-state index in [4.69, 9.17) is 16.3 Å². The van der Waals surface area contributed by atoms with Crippen LogP contribution in [0.25, 0.3) is 0 Å². The van der Waals surface area contributed by atoms with Crippen LogP contribution in [0.1, 0.15) is 13.8 Å². The van der Waals surface area contributed by atoms with Crippen LogP contribution in [0, 0.1) is 11.8 Å². The second-order valence-corrected chi connectivity index (χ2v) is 4.75. The van der Waals surface area contributed by atoms with E-state index in [9.17, 15) is 0 Å². The minimum atomic E-state index is 0.490. The highest BCUT2D eigenvalue weighted by atomic mass is 35.5. The second-order valence-electron chi connectivity index (χ2n) is 3.95. The summed E-state index contributed by atoms with van der Waals surface area (Å²) in [6.45, 7) is 5.08. The molecular weight excluding hydrogens is 228 g/mol. The number of thiol groups is 1. The second kappa shape index (κ2) is 6.29. The fraction of sp³-hybridized carbons (Fsp3) is 0.500. The third-order valence-electron chi connectivity index (χ3n) is 2.46. The summed E-state index contributed by atoms with van der Waals surface area (Å²) in [5.41, 5.74) is 0. The summed E-state index contributed by atoms with van der Waals surface area (Å²) in [5, 5.41) is 0.733. The Balaban J connectivity index is 2.45. The Labute approximate surface area is 102 Å². The fourth-order valence-corrected chi connectivity index (χ4v) is 1.84. The van der Waals surface area contributed by atoms with Gasteiger partial charge in [-0.2, -0.15) is 12.6 Å². The van der Waals surface area contributed by atoms with Gasteiger partial charge in [0.2, 0.25) is 0 Å². The molecule has 1 unspecified atom stereocenters. The van der Waals surface area contributed by atoms with Gasteiger partial charge in [-0.3, -0.25) is 0 Å². The first-order valence-corrected chi connectivity index (χ1v) is 6.13. The summed E-state index contributed by atoms with van der Waals surface area (Å²) in [4.78, 5) is 0. The Morgan fingerprint density at radius 2 is 1.87 bits per heavy atom. The van der Waals surface area contributed by atoms with Crippen LogP contribution in [-0.2, 0) is 0 Å². The van der Waals surface area contributed by atoms with Crippen molar-refractivity contribution in [2.75, 3.05) is 12.4 Å². The SMILES string of the molecule is CC(C)C(CS)COc1ccc(Cl)cc1. The molecule has 0 aromatic heterocycles.